The van der Waals surface area contributed by atoms with E-state index in [9.17, 15) is 0 Å². The average Bonchev–Trinajstić information content (AvgIpc) is 2.30. The molecule has 2 rings (SSSR count). The Labute approximate surface area is 98.8 Å². The second-order valence-electron chi connectivity index (χ2n) is 4.04. The molecule has 0 spiro atoms. The van der Waals surface area contributed by atoms with Crippen LogP contribution in [0.3, 0.4) is 0 Å². The Balaban J connectivity index is 2.19. The molecule has 0 unspecified atom stereocenters. The van der Waals surface area contributed by atoms with Crippen molar-refractivity contribution in [2.45, 2.75) is 25.4 Å². The molecular weight excluding hydrogens is 254 g/mol. The first-order valence-corrected chi connectivity index (χ1v) is 6.20. The lowest BCUT2D eigenvalue weighted by Crippen LogP contribution is -2.26. The van der Waals surface area contributed by atoms with Gasteiger partial charge < -0.3 is 10.4 Å². The van der Waals surface area contributed by atoms with Gasteiger partial charge in [0.25, 0.3) is 0 Å². The molecule has 1 aliphatic rings. The molecule has 15 heavy (non-hydrogen) atoms. The van der Waals surface area contributed by atoms with Gasteiger partial charge in [-0.25, -0.2) is 0 Å². The van der Waals surface area contributed by atoms with Gasteiger partial charge in [0.2, 0.25) is 0 Å². The lowest BCUT2D eigenvalue weighted by atomic mass is 9.90. The Morgan fingerprint density at radius 3 is 2.67 bits per heavy atom. The normalized spacial score (nSPS) is 18.0. The fraction of sp³-hybridized carbons (Fsp3) is 0.500. The van der Waals surface area contributed by atoms with Crippen molar-refractivity contribution in [2.24, 2.45) is 0 Å². The van der Waals surface area contributed by atoms with E-state index in [-0.39, 0.29) is 6.61 Å². The van der Waals surface area contributed by atoms with Gasteiger partial charge in [-0.05, 0) is 49.0 Å². The molecule has 82 valence electrons. The second-order valence-corrected chi connectivity index (χ2v) is 4.89. The van der Waals surface area contributed by atoms with Crippen molar-refractivity contribution in [3.63, 3.8) is 0 Å². The van der Waals surface area contributed by atoms with Crippen molar-refractivity contribution in [3.8, 4) is 0 Å². The van der Waals surface area contributed by atoms with E-state index < -0.39 is 0 Å². The largest absolute Gasteiger partial charge is 0.392 e. The van der Waals surface area contributed by atoms with Crippen LogP contribution in [0.15, 0.2) is 22.7 Å². The molecule has 1 saturated heterocycles. The van der Waals surface area contributed by atoms with Gasteiger partial charge in [0.05, 0.1) is 6.61 Å². The zero-order valence-electron chi connectivity index (χ0n) is 8.67. The third kappa shape index (κ3) is 2.60. The topological polar surface area (TPSA) is 32.3 Å². The van der Waals surface area contributed by atoms with Crippen LogP contribution in [0.1, 0.15) is 29.9 Å². The first kappa shape index (κ1) is 11.1. The standard InChI is InChI=1S/C12H16BrNO/c13-12-7-9(8-15)1-2-11(12)10-3-5-14-6-4-10/h1-2,7,10,14-15H,3-6,8H2. The van der Waals surface area contributed by atoms with Crippen molar-refractivity contribution in [1.29, 1.82) is 0 Å². The molecule has 0 aromatic heterocycles. The highest BCUT2D eigenvalue weighted by molar-refractivity contribution is 9.10. The first-order chi connectivity index (χ1) is 7.31. The van der Waals surface area contributed by atoms with Crippen LogP contribution in [0.2, 0.25) is 0 Å². The molecule has 0 atom stereocenters. The number of nitrogens with one attached hydrogen (secondary N) is 1. The van der Waals surface area contributed by atoms with Crippen molar-refractivity contribution < 1.29 is 5.11 Å². The summed E-state index contributed by atoms with van der Waals surface area (Å²) in [6.45, 7) is 2.34. The Morgan fingerprint density at radius 2 is 2.07 bits per heavy atom. The number of piperidine rings is 1. The summed E-state index contributed by atoms with van der Waals surface area (Å²) in [5.74, 6) is 0.661. The Kier molecular flexibility index (Phi) is 3.78. The van der Waals surface area contributed by atoms with Crippen molar-refractivity contribution >= 4 is 15.9 Å². The lowest BCUT2D eigenvalue weighted by molar-refractivity contribution is 0.281. The Bertz CT molecular complexity index is 334. The summed E-state index contributed by atoms with van der Waals surface area (Å²) in [6, 6.07) is 6.19. The van der Waals surface area contributed by atoms with Gasteiger partial charge in [0.15, 0.2) is 0 Å². The maximum absolute atomic E-state index is 9.03. The molecule has 0 saturated carbocycles. The van der Waals surface area contributed by atoms with Gasteiger partial charge in [-0.15, -0.1) is 0 Å². The number of aliphatic hydroxyl groups excluding tert-OH is 1. The van der Waals surface area contributed by atoms with Crippen molar-refractivity contribution in [3.05, 3.63) is 33.8 Å². The summed E-state index contributed by atoms with van der Waals surface area (Å²) in [7, 11) is 0. The van der Waals surface area contributed by atoms with Gasteiger partial charge in [-0.2, -0.15) is 0 Å². The zero-order valence-corrected chi connectivity index (χ0v) is 10.3. The molecule has 0 amide bonds. The highest BCUT2D eigenvalue weighted by Gasteiger charge is 2.17. The third-order valence-corrected chi connectivity index (χ3v) is 3.71. The van der Waals surface area contributed by atoms with Gasteiger partial charge >= 0.3 is 0 Å². The Morgan fingerprint density at radius 1 is 1.33 bits per heavy atom. The quantitative estimate of drug-likeness (QED) is 0.865. The molecule has 1 aromatic rings. The van der Waals surface area contributed by atoms with E-state index in [1.165, 1.54) is 18.4 Å². The molecule has 1 aliphatic heterocycles. The molecule has 0 aliphatic carbocycles. The van der Waals surface area contributed by atoms with E-state index in [2.05, 4.69) is 27.3 Å². The van der Waals surface area contributed by atoms with Gasteiger partial charge in [-0.1, -0.05) is 28.1 Å². The molecule has 0 radical (unpaired) electrons. The summed E-state index contributed by atoms with van der Waals surface area (Å²) in [5.41, 5.74) is 2.35. The molecule has 3 heteroatoms. The SMILES string of the molecule is OCc1ccc(C2CCNCC2)c(Br)c1. The van der Waals surface area contributed by atoms with E-state index in [1.54, 1.807) is 0 Å². The lowest BCUT2D eigenvalue weighted by Gasteiger charge is -2.24. The maximum Gasteiger partial charge on any atom is 0.0682 e. The van der Waals surface area contributed by atoms with Crippen LogP contribution in [-0.4, -0.2) is 18.2 Å². The average molecular weight is 270 g/mol. The molecule has 1 aromatic carbocycles. The minimum Gasteiger partial charge on any atom is -0.392 e. The van der Waals surface area contributed by atoms with Crippen molar-refractivity contribution in [2.75, 3.05) is 13.1 Å². The summed E-state index contributed by atoms with van der Waals surface area (Å²) < 4.78 is 1.14. The monoisotopic (exact) mass is 269 g/mol. The number of rotatable bonds is 2. The second kappa shape index (κ2) is 5.10. The van der Waals surface area contributed by atoms with Gasteiger partial charge in [-0.3, -0.25) is 0 Å². The van der Waals surface area contributed by atoms with E-state index in [0.717, 1.165) is 23.1 Å². The minimum absolute atomic E-state index is 0.116. The van der Waals surface area contributed by atoms with E-state index in [0.29, 0.717) is 5.92 Å². The Hall–Kier alpha value is -0.380. The van der Waals surface area contributed by atoms with Gasteiger partial charge in [0.1, 0.15) is 0 Å². The maximum atomic E-state index is 9.03. The van der Waals surface area contributed by atoms with Crippen LogP contribution >= 0.6 is 15.9 Å². The number of halogens is 1. The van der Waals surface area contributed by atoms with Crippen LogP contribution in [0.5, 0.6) is 0 Å². The van der Waals surface area contributed by atoms with E-state index >= 15 is 0 Å². The number of hydrogen-bond acceptors (Lipinski definition) is 2. The van der Waals surface area contributed by atoms with Crippen LogP contribution in [0, 0.1) is 0 Å². The molecule has 1 heterocycles. The molecule has 2 nitrogen and oxygen atoms in total. The first-order valence-electron chi connectivity index (χ1n) is 5.41. The zero-order chi connectivity index (χ0) is 10.7. The van der Waals surface area contributed by atoms with E-state index in [1.807, 2.05) is 12.1 Å². The van der Waals surface area contributed by atoms with Crippen LogP contribution in [0.25, 0.3) is 0 Å². The third-order valence-electron chi connectivity index (χ3n) is 3.03. The van der Waals surface area contributed by atoms with E-state index in [4.69, 9.17) is 5.11 Å². The summed E-state index contributed by atoms with van der Waals surface area (Å²) in [6.07, 6.45) is 2.41. The summed E-state index contributed by atoms with van der Waals surface area (Å²) in [4.78, 5) is 0. The van der Waals surface area contributed by atoms with Crippen LogP contribution in [0.4, 0.5) is 0 Å². The van der Waals surface area contributed by atoms with Crippen LogP contribution in [-0.2, 0) is 6.61 Å². The smallest absolute Gasteiger partial charge is 0.0682 e. The molecule has 0 bridgehead atoms. The summed E-state index contributed by atoms with van der Waals surface area (Å²) in [5, 5.41) is 12.4. The molecular formula is C12H16BrNO. The summed E-state index contributed by atoms with van der Waals surface area (Å²) >= 11 is 3.59. The predicted octanol–water partition coefficient (Wildman–Crippen LogP) is 2.41. The number of benzene rings is 1. The highest BCUT2D eigenvalue weighted by atomic mass is 79.9. The van der Waals surface area contributed by atoms with Crippen molar-refractivity contribution in [1.82, 2.24) is 5.32 Å². The van der Waals surface area contributed by atoms with Crippen LogP contribution < -0.4 is 5.32 Å². The minimum atomic E-state index is 0.116. The fourth-order valence-corrected chi connectivity index (χ4v) is 2.88. The highest BCUT2D eigenvalue weighted by Crippen LogP contribution is 2.31. The number of aliphatic hydroxyl groups is 1. The van der Waals surface area contributed by atoms with Gasteiger partial charge in [0, 0.05) is 4.47 Å². The number of hydrogen-bond donors (Lipinski definition) is 2. The molecule has 2 N–H and O–H groups in total. The fourth-order valence-electron chi connectivity index (χ4n) is 2.13. The predicted molar refractivity (Wildman–Crippen MR) is 64.9 cm³/mol. The molecule has 1 fully saturated rings.